The molecule has 1 amide bonds. The van der Waals surface area contributed by atoms with Crippen molar-refractivity contribution in [3.8, 4) is 0 Å². The third-order valence-corrected chi connectivity index (χ3v) is 7.55. The molecular formula is C24H27N5O2S. The number of hydrogen-bond donors (Lipinski definition) is 0. The second-order valence-electron chi connectivity index (χ2n) is 8.45. The van der Waals surface area contributed by atoms with Crippen molar-refractivity contribution in [1.29, 1.82) is 0 Å². The van der Waals surface area contributed by atoms with E-state index in [0.717, 1.165) is 60.5 Å². The van der Waals surface area contributed by atoms with Crippen molar-refractivity contribution in [2.75, 3.05) is 7.05 Å². The zero-order valence-electron chi connectivity index (χ0n) is 18.7. The maximum absolute atomic E-state index is 13.4. The van der Waals surface area contributed by atoms with Gasteiger partial charge in [-0.25, -0.2) is 9.97 Å². The van der Waals surface area contributed by atoms with Crippen molar-refractivity contribution in [2.24, 2.45) is 0 Å². The van der Waals surface area contributed by atoms with Gasteiger partial charge in [-0.2, -0.15) is 0 Å². The van der Waals surface area contributed by atoms with E-state index in [1.165, 1.54) is 11.3 Å². The summed E-state index contributed by atoms with van der Waals surface area (Å²) in [5, 5.41) is 0.596. The van der Waals surface area contributed by atoms with E-state index in [4.69, 9.17) is 9.97 Å². The highest BCUT2D eigenvalue weighted by atomic mass is 32.1. The SMILES string of the molecule is CCn1c(CN(C)C(=O)c2sc3nc4n(c(=O)c3c2C)CCCCC4)nc2ccccc21. The number of para-hydroxylation sites is 2. The molecule has 0 atom stereocenters. The molecule has 8 heteroatoms. The molecule has 0 aliphatic carbocycles. The van der Waals surface area contributed by atoms with Gasteiger partial charge in [-0.15, -0.1) is 11.3 Å². The minimum absolute atomic E-state index is 0.00451. The third-order valence-electron chi connectivity index (χ3n) is 6.38. The molecule has 7 nitrogen and oxygen atoms in total. The van der Waals surface area contributed by atoms with Crippen LogP contribution in [0.1, 0.15) is 53.1 Å². The van der Waals surface area contributed by atoms with Crippen molar-refractivity contribution in [1.82, 2.24) is 24.0 Å². The summed E-state index contributed by atoms with van der Waals surface area (Å²) >= 11 is 1.34. The lowest BCUT2D eigenvalue weighted by atomic mass is 10.2. The van der Waals surface area contributed by atoms with Gasteiger partial charge in [0.1, 0.15) is 16.5 Å². The lowest BCUT2D eigenvalue weighted by Gasteiger charge is -2.17. The second-order valence-corrected chi connectivity index (χ2v) is 9.45. The fraction of sp³-hybridized carbons (Fsp3) is 0.417. The molecule has 4 aromatic rings. The van der Waals surface area contributed by atoms with Gasteiger partial charge in [0.05, 0.1) is 27.8 Å². The summed E-state index contributed by atoms with van der Waals surface area (Å²) in [4.78, 5) is 39.1. The van der Waals surface area contributed by atoms with Gasteiger partial charge in [0, 0.05) is 26.6 Å². The zero-order chi connectivity index (χ0) is 22.4. The number of amides is 1. The van der Waals surface area contributed by atoms with Crippen LogP contribution >= 0.6 is 11.3 Å². The van der Waals surface area contributed by atoms with Gasteiger partial charge in [-0.05, 0) is 44.4 Å². The summed E-state index contributed by atoms with van der Waals surface area (Å²) in [5.74, 6) is 1.61. The Morgan fingerprint density at radius 1 is 1.19 bits per heavy atom. The number of fused-ring (bicyclic) bond motifs is 3. The standard InChI is InChI=1S/C24H27N5O2S/c1-4-28-17-11-8-7-10-16(17)25-19(28)14-27(3)24(31)21-15(2)20-22(32-21)26-18-12-6-5-9-13-29(18)23(20)30/h7-8,10-11H,4-6,9,12-14H2,1-3H3. The lowest BCUT2D eigenvalue weighted by Crippen LogP contribution is -2.28. The first-order valence-corrected chi connectivity index (χ1v) is 12.0. The van der Waals surface area contributed by atoms with Crippen LogP contribution in [0.2, 0.25) is 0 Å². The van der Waals surface area contributed by atoms with E-state index >= 15 is 0 Å². The molecule has 0 fully saturated rings. The molecule has 0 N–H and O–H groups in total. The summed E-state index contributed by atoms with van der Waals surface area (Å²) in [5.41, 5.74) is 2.74. The quantitative estimate of drug-likeness (QED) is 0.470. The van der Waals surface area contributed by atoms with E-state index in [2.05, 4.69) is 17.6 Å². The van der Waals surface area contributed by atoms with Crippen LogP contribution in [-0.4, -0.2) is 37.0 Å². The van der Waals surface area contributed by atoms with Crippen molar-refractivity contribution in [3.05, 3.63) is 56.7 Å². The van der Waals surface area contributed by atoms with Crippen molar-refractivity contribution >= 4 is 38.5 Å². The summed E-state index contributed by atoms with van der Waals surface area (Å²) < 4.78 is 3.96. The Hall–Kier alpha value is -3.00. The largest absolute Gasteiger partial charge is 0.334 e. The number of hydrogen-bond acceptors (Lipinski definition) is 5. The maximum atomic E-state index is 13.4. The smallest absolute Gasteiger partial charge is 0.264 e. The highest BCUT2D eigenvalue weighted by Gasteiger charge is 2.25. The molecule has 1 aliphatic heterocycles. The van der Waals surface area contributed by atoms with Gasteiger partial charge < -0.3 is 9.47 Å². The van der Waals surface area contributed by atoms with Gasteiger partial charge in [0.2, 0.25) is 0 Å². The second kappa shape index (κ2) is 8.16. The minimum Gasteiger partial charge on any atom is -0.334 e. The van der Waals surface area contributed by atoms with E-state index < -0.39 is 0 Å². The van der Waals surface area contributed by atoms with Crippen molar-refractivity contribution < 1.29 is 4.79 Å². The molecule has 3 aromatic heterocycles. The summed E-state index contributed by atoms with van der Waals surface area (Å²) in [6.07, 6.45) is 3.98. The van der Waals surface area contributed by atoms with Crippen LogP contribution in [0.25, 0.3) is 21.3 Å². The van der Waals surface area contributed by atoms with Crippen molar-refractivity contribution in [2.45, 2.75) is 59.2 Å². The molecule has 32 heavy (non-hydrogen) atoms. The van der Waals surface area contributed by atoms with Gasteiger partial charge in [0.25, 0.3) is 11.5 Å². The summed E-state index contributed by atoms with van der Waals surface area (Å²) in [6.45, 7) is 5.85. The topological polar surface area (TPSA) is 73.0 Å². The number of imidazole rings is 1. The zero-order valence-corrected chi connectivity index (χ0v) is 19.5. The molecule has 0 bridgehead atoms. The van der Waals surface area contributed by atoms with Crippen LogP contribution in [0.4, 0.5) is 0 Å². The summed E-state index contributed by atoms with van der Waals surface area (Å²) in [7, 11) is 1.79. The number of carbonyl (C=O) groups excluding carboxylic acids is 1. The predicted molar refractivity (Wildman–Crippen MR) is 127 cm³/mol. The van der Waals surface area contributed by atoms with Crippen LogP contribution in [0.3, 0.4) is 0 Å². The minimum atomic E-state index is -0.0974. The molecule has 5 rings (SSSR count). The molecule has 0 saturated carbocycles. The number of aromatic nitrogens is 4. The van der Waals surface area contributed by atoms with Crippen LogP contribution in [0, 0.1) is 6.92 Å². The first-order chi connectivity index (χ1) is 15.5. The molecule has 0 unspecified atom stereocenters. The lowest BCUT2D eigenvalue weighted by molar-refractivity contribution is 0.0784. The number of benzene rings is 1. The molecule has 0 radical (unpaired) electrons. The first kappa shape index (κ1) is 20.9. The Bertz CT molecular complexity index is 1400. The van der Waals surface area contributed by atoms with Gasteiger partial charge in [-0.3, -0.25) is 14.2 Å². The van der Waals surface area contributed by atoms with Crippen LogP contribution in [-0.2, 0) is 26.1 Å². The van der Waals surface area contributed by atoms with E-state index in [0.29, 0.717) is 28.2 Å². The van der Waals surface area contributed by atoms with E-state index in [1.807, 2.05) is 29.7 Å². The van der Waals surface area contributed by atoms with Crippen LogP contribution in [0.15, 0.2) is 29.1 Å². The summed E-state index contributed by atoms with van der Waals surface area (Å²) in [6, 6.07) is 8.02. The Balaban J connectivity index is 1.50. The van der Waals surface area contributed by atoms with Gasteiger partial charge in [0.15, 0.2) is 0 Å². The Morgan fingerprint density at radius 2 is 2.00 bits per heavy atom. The number of carbonyl (C=O) groups is 1. The number of nitrogens with zero attached hydrogens (tertiary/aromatic N) is 5. The third kappa shape index (κ3) is 3.33. The Morgan fingerprint density at radius 3 is 2.81 bits per heavy atom. The van der Waals surface area contributed by atoms with E-state index in [1.54, 1.807) is 11.9 Å². The molecule has 0 spiro atoms. The van der Waals surface area contributed by atoms with Crippen LogP contribution in [0.5, 0.6) is 0 Å². The molecule has 166 valence electrons. The maximum Gasteiger partial charge on any atom is 0.264 e. The fourth-order valence-electron chi connectivity index (χ4n) is 4.67. The average Bonchev–Trinajstić information content (AvgIpc) is 3.19. The highest BCUT2D eigenvalue weighted by molar-refractivity contribution is 7.20. The molecule has 1 aromatic carbocycles. The molecule has 0 saturated heterocycles. The molecule has 1 aliphatic rings. The number of rotatable bonds is 4. The molecular weight excluding hydrogens is 422 g/mol. The van der Waals surface area contributed by atoms with Crippen molar-refractivity contribution in [3.63, 3.8) is 0 Å². The Kier molecular flexibility index (Phi) is 5.33. The van der Waals surface area contributed by atoms with E-state index in [9.17, 15) is 9.59 Å². The van der Waals surface area contributed by atoms with Gasteiger partial charge in [-0.1, -0.05) is 18.6 Å². The van der Waals surface area contributed by atoms with Crippen LogP contribution < -0.4 is 5.56 Å². The monoisotopic (exact) mass is 449 g/mol. The molecule has 4 heterocycles. The normalized spacial score (nSPS) is 14.0. The average molecular weight is 450 g/mol. The first-order valence-electron chi connectivity index (χ1n) is 11.2. The predicted octanol–water partition coefficient (Wildman–Crippen LogP) is 4.13. The highest BCUT2D eigenvalue weighted by Crippen LogP contribution is 2.29. The van der Waals surface area contributed by atoms with E-state index in [-0.39, 0.29) is 11.5 Å². The Labute approximate surface area is 190 Å². The van der Waals surface area contributed by atoms with Gasteiger partial charge >= 0.3 is 0 Å². The fourth-order valence-corrected chi connectivity index (χ4v) is 5.86. The number of thiophene rings is 1. The number of aryl methyl sites for hydroxylation is 3.